The van der Waals surface area contributed by atoms with Crippen LogP contribution >= 0.6 is 11.6 Å². The van der Waals surface area contributed by atoms with Crippen LogP contribution in [0.3, 0.4) is 0 Å². The van der Waals surface area contributed by atoms with Gasteiger partial charge in [0, 0.05) is 28.1 Å². The third kappa shape index (κ3) is 2.36. The maximum absolute atomic E-state index is 12.4. The Labute approximate surface area is 123 Å². The zero-order valence-corrected chi connectivity index (χ0v) is 11.3. The number of benzene rings is 2. The van der Waals surface area contributed by atoms with Crippen LogP contribution in [0.25, 0.3) is 10.9 Å². The Balaban J connectivity index is 2.06. The summed E-state index contributed by atoms with van der Waals surface area (Å²) in [6.07, 6.45) is 1.43. The topological polar surface area (TPSA) is 78.0 Å². The number of nitro benzene ring substituents is 1. The van der Waals surface area contributed by atoms with Crippen molar-refractivity contribution in [2.75, 3.05) is 0 Å². The standard InChI is InChI=1S/C14H8ClN3O3/c15-11-3-1-9(2-4-11)14(19)17-13-6-5-12(18(20)21)7-10(13)8-16-17/h1-8H. The molecule has 2 aromatic carbocycles. The second-order valence-electron chi connectivity index (χ2n) is 4.37. The second-order valence-corrected chi connectivity index (χ2v) is 4.81. The van der Waals surface area contributed by atoms with Crippen molar-refractivity contribution in [1.82, 2.24) is 9.78 Å². The van der Waals surface area contributed by atoms with Crippen molar-refractivity contribution in [1.29, 1.82) is 0 Å². The number of nitro groups is 1. The molecule has 3 aromatic rings. The molecule has 0 unspecified atom stereocenters. The zero-order chi connectivity index (χ0) is 15.0. The molecule has 0 bridgehead atoms. The van der Waals surface area contributed by atoms with Crippen molar-refractivity contribution in [2.45, 2.75) is 0 Å². The largest absolute Gasteiger partial charge is 0.278 e. The third-order valence-corrected chi connectivity index (χ3v) is 3.30. The van der Waals surface area contributed by atoms with Crippen LogP contribution in [0.2, 0.25) is 5.02 Å². The van der Waals surface area contributed by atoms with E-state index in [9.17, 15) is 14.9 Å². The van der Waals surface area contributed by atoms with E-state index < -0.39 is 4.92 Å². The van der Waals surface area contributed by atoms with Gasteiger partial charge in [-0.2, -0.15) is 9.78 Å². The van der Waals surface area contributed by atoms with Gasteiger partial charge in [0.05, 0.1) is 16.6 Å². The predicted octanol–water partition coefficient (Wildman–Crippen LogP) is 3.29. The molecule has 104 valence electrons. The van der Waals surface area contributed by atoms with E-state index in [1.165, 1.54) is 29.1 Å². The Morgan fingerprint density at radius 1 is 1.19 bits per heavy atom. The normalized spacial score (nSPS) is 10.7. The number of rotatable bonds is 2. The molecule has 0 spiro atoms. The number of non-ortho nitro benzene ring substituents is 1. The lowest BCUT2D eigenvalue weighted by Crippen LogP contribution is -2.13. The quantitative estimate of drug-likeness (QED) is 0.537. The fourth-order valence-corrected chi connectivity index (χ4v) is 2.14. The van der Waals surface area contributed by atoms with E-state index in [1.807, 2.05) is 0 Å². The lowest BCUT2D eigenvalue weighted by Gasteiger charge is -2.02. The van der Waals surface area contributed by atoms with E-state index in [0.717, 1.165) is 0 Å². The predicted molar refractivity (Wildman–Crippen MR) is 77.6 cm³/mol. The van der Waals surface area contributed by atoms with Crippen molar-refractivity contribution in [3.05, 3.63) is 69.4 Å². The summed E-state index contributed by atoms with van der Waals surface area (Å²) < 4.78 is 1.21. The van der Waals surface area contributed by atoms with Gasteiger partial charge < -0.3 is 0 Å². The van der Waals surface area contributed by atoms with E-state index >= 15 is 0 Å². The molecule has 0 aliphatic heterocycles. The van der Waals surface area contributed by atoms with Gasteiger partial charge in [0.15, 0.2) is 0 Å². The molecule has 21 heavy (non-hydrogen) atoms. The number of hydrogen-bond acceptors (Lipinski definition) is 4. The number of carbonyl (C=O) groups excluding carboxylic acids is 1. The van der Waals surface area contributed by atoms with E-state index in [0.29, 0.717) is 21.5 Å². The van der Waals surface area contributed by atoms with Crippen LogP contribution < -0.4 is 0 Å². The minimum absolute atomic E-state index is 0.0407. The van der Waals surface area contributed by atoms with Crippen LogP contribution in [0.4, 0.5) is 5.69 Å². The van der Waals surface area contributed by atoms with Gasteiger partial charge >= 0.3 is 0 Å². The summed E-state index contributed by atoms with van der Waals surface area (Å²) in [6.45, 7) is 0. The highest BCUT2D eigenvalue weighted by atomic mass is 35.5. The molecule has 0 saturated carbocycles. The zero-order valence-electron chi connectivity index (χ0n) is 10.6. The number of nitrogens with zero attached hydrogens (tertiary/aromatic N) is 3. The van der Waals surface area contributed by atoms with E-state index in [1.54, 1.807) is 24.3 Å². The van der Waals surface area contributed by atoms with Crippen LogP contribution in [-0.2, 0) is 0 Å². The van der Waals surface area contributed by atoms with Gasteiger partial charge in [-0.1, -0.05) is 11.6 Å². The number of carbonyl (C=O) groups is 1. The fraction of sp³-hybridized carbons (Fsp3) is 0. The number of halogens is 1. The van der Waals surface area contributed by atoms with Gasteiger partial charge in [-0.3, -0.25) is 14.9 Å². The average Bonchev–Trinajstić information content (AvgIpc) is 2.90. The second kappa shape index (κ2) is 4.99. The average molecular weight is 302 g/mol. The van der Waals surface area contributed by atoms with Gasteiger partial charge in [-0.05, 0) is 30.3 Å². The lowest BCUT2D eigenvalue weighted by molar-refractivity contribution is -0.384. The molecule has 6 nitrogen and oxygen atoms in total. The van der Waals surface area contributed by atoms with Crippen LogP contribution in [-0.4, -0.2) is 20.6 Å². The summed E-state index contributed by atoms with van der Waals surface area (Å²) in [6, 6.07) is 10.7. The number of aromatic nitrogens is 2. The Bertz CT molecular complexity index is 856. The Hall–Kier alpha value is -2.73. The maximum Gasteiger partial charge on any atom is 0.278 e. The van der Waals surface area contributed by atoms with Gasteiger partial charge in [0.1, 0.15) is 0 Å². The first-order chi connectivity index (χ1) is 10.1. The molecule has 0 saturated heterocycles. The molecule has 3 rings (SSSR count). The first kappa shape index (κ1) is 13.3. The Morgan fingerprint density at radius 3 is 2.57 bits per heavy atom. The molecule has 7 heteroatoms. The Kier molecular flexibility index (Phi) is 3.15. The molecule has 0 aliphatic carbocycles. The van der Waals surface area contributed by atoms with Crippen LogP contribution in [0.1, 0.15) is 10.4 Å². The first-order valence-corrected chi connectivity index (χ1v) is 6.36. The number of hydrogen-bond donors (Lipinski definition) is 0. The van der Waals surface area contributed by atoms with Crippen LogP contribution in [0.5, 0.6) is 0 Å². The van der Waals surface area contributed by atoms with E-state index in [2.05, 4.69) is 5.10 Å². The molecule has 0 amide bonds. The van der Waals surface area contributed by atoms with Crippen molar-refractivity contribution in [3.8, 4) is 0 Å². The fourth-order valence-electron chi connectivity index (χ4n) is 2.01. The van der Waals surface area contributed by atoms with Crippen molar-refractivity contribution in [2.24, 2.45) is 0 Å². The molecule has 0 atom stereocenters. The van der Waals surface area contributed by atoms with Gasteiger partial charge in [-0.15, -0.1) is 0 Å². The first-order valence-electron chi connectivity index (χ1n) is 5.99. The van der Waals surface area contributed by atoms with Gasteiger partial charge in [0.2, 0.25) is 0 Å². The number of fused-ring (bicyclic) bond motifs is 1. The molecule has 0 N–H and O–H groups in total. The smallest absolute Gasteiger partial charge is 0.267 e. The highest BCUT2D eigenvalue weighted by Crippen LogP contribution is 2.21. The van der Waals surface area contributed by atoms with Gasteiger partial charge in [0.25, 0.3) is 11.6 Å². The monoisotopic (exact) mass is 301 g/mol. The van der Waals surface area contributed by atoms with Crippen molar-refractivity contribution < 1.29 is 9.72 Å². The molecule has 1 aromatic heterocycles. The lowest BCUT2D eigenvalue weighted by atomic mass is 10.2. The van der Waals surface area contributed by atoms with E-state index in [-0.39, 0.29) is 11.6 Å². The summed E-state index contributed by atoms with van der Waals surface area (Å²) in [5.74, 6) is -0.324. The maximum atomic E-state index is 12.4. The summed E-state index contributed by atoms with van der Waals surface area (Å²) in [7, 11) is 0. The van der Waals surface area contributed by atoms with Crippen LogP contribution in [0, 0.1) is 10.1 Å². The van der Waals surface area contributed by atoms with Crippen LogP contribution in [0.15, 0.2) is 48.7 Å². The summed E-state index contributed by atoms with van der Waals surface area (Å²) >= 11 is 5.79. The summed E-state index contributed by atoms with van der Waals surface area (Å²) in [4.78, 5) is 22.6. The van der Waals surface area contributed by atoms with Crippen molar-refractivity contribution in [3.63, 3.8) is 0 Å². The molecular weight excluding hydrogens is 294 g/mol. The highest BCUT2D eigenvalue weighted by molar-refractivity contribution is 6.30. The molecule has 0 fully saturated rings. The molecule has 0 aliphatic rings. The Morgan fingerprint density at radius 2 is 1.90 bits per heavy atom. The minimum atomic E-state index is -0.488. The van der Waals surface area contributed by atoms with Gasteiger partial charge in [-0.25, -0.2) is 0 Å². The molecular formula is C14H8ClN3O3. The summed E-state index contributed by atoms with van der Waals surface area (Å²) in [5, 5.41) is 15.8. The summed E-state index contributed by atoms with van der Waals surface area (Å²) in [5.41, 5.74) is 0.907. The third-order valence-electron chi connectivity index (χ3n) is 3.05. The highest BCUT2D eigenvalue weighted by Gasteiger charge is 2.15. The molecule has 1 heterocycles. The van der Waals surface area contributed by atoms with E-state index in [4.69, 9.17) is 11.6 Å². The minimum Gasteiger partial charge on any atom is -0.267 e. The molecule has 0 radical (unpaired) electrons. The van der Waals surface area contributed by atoms with Crippen molar-refractivity contribution >= 4 is 34.1 Å². The SMILES string of the molecule is O=C(c1ccc(Cl)cc1)n1ncc2cc([N+](=O)[O-])ccc21.